The second kappa shape index (κ2) is 11.2. The highest BCUT2D eigenvalue weighted by molar-refractivity contribution is 6.58. The van der Waals surface area contributed by atoms with Gasteiger partial charge in [0.1, 0.15) is 22.7 Å². The van der Waals surface area contributed by atoms with Crippen LogP contribution in [-0.4, -0.2) is 54.7 Å². The summed E-state index contributed by atoms with van der Waals surface area (Å²) in [5.74, 6) is -25.0. The van der Waals surface area contributed by atoms with Gasteiger partial charge in [-0.15, -0.1) is 23.2 Å². The van der Waals surface area contributed by atoms with E-state index in [0.29, 0.717) is 0 Å². The van der Waals surface area contributed by atoms with E-state index in [4.69, 9.17) is 23.2 Å². The maximum Gasteiger partial charge on any atom is 0.339 e. The number of fused-ring (bicyclic) bond motifs is 4. The molecule has 1 saturated carbocycles. The number of aromatic hydroxyl groups is 2. The van der Waals surface area contributed by atoms with Crippen LogP contribution in [0.3, 0.4) is 0 Å². The molecule has 0 unspecified atom stereocenters. The van der Waals surface area contributed by atoms with Crippen LogP contribution in [0.4, 0.5) is 33.3 Å². The number of halogens is 7. The van der Waals surface area contributed by atoms with E-state index < -0.39 is 116 Å². The molecule has 4 amide bonds. The molecule has 3 N–H and O–H groups in total. The van der Waals surface area contributed by atoms with E-state index >= 15 is 8.78 Å². The first kappa shape index (κ1) is 34.4. The molecule has 0 bridgehead atoms. The molecular weight excluding hydrogens is 730 g/mol. The van der Waals surface area contributed by atoms with Crippen molar-refractivity contribution < 1.29 is 61.2 Å². The molecule has 7 rings (SSSR count). The van der Waals surface area contributed by atoms with Crippen LogP contribution in [0.1, 0.15) is 40.2 Å². The number of phenols is 2. The molecule has 0 aromatic heterocycles. The third kappa shape index (κ3) is 4.36. The smallest absolute Gasteiger partial charge is 0.339 e. The van der Waals surface area contributed by atoms with Crippen molar-refractivity contribution >= 4 is 64.2 Å². The zero-order chi connectivity index (χ0) is 37.2. The number of carbonyl (C=O) groups is 5. The molecule has 6 atom stereocenters. The fourth-order valence-corrected chi connectivity index (χ4v) is 8.83. The summed E-state index contributed by atoms with van der Waals surface area (Å²) in [6.07, 6.45) is 0.624. The highest BCUT2D eigenvalue weighted by Gasteiger charge is 2.77. The summed E-state index contributed by atoms with van der Waals surface area (Å²) in [6, 6.07) is 6.91. The van der Waals surface area contributed by atoms with Crippen molar-refractivity contribution in [2.75, 3.05) is 9.80 Å². The van der Waals surface area contributed by atoms with Gasteiger partial charge < -0.3 is 15.3 Å². The molecule has 3 aromatic carbocycles. The lowest BCUT2D eigenvalue weighted by Crippen LogP contribution is -2.60. The average molecular weight is 751 g/mol. The third-order valence-corrected chi connectivity index (χ3v) is 11.7. The number of anilines is 2. The number of phenolic OH excluding ortho intramolecular Hbond substituents is 1. The van der Waals surface area contributed by atoms with Gasteiger partial charge in [-0.1, -0.05) is 23.8 Å². The number of nitrogens with zero attached hydrogens (tertiary/aromatic N) is 2. The number of aryl methyl sites for hydroxylation is 1. The second-order valence-electron chi connectivity index (χ2n) is 12.8. The van der Waals surface area contributed by atoms with Crippen molar-refractivity contribution in [3.8, 4) is 11.5 Å². The van der Waals surface area contributed by atoms with E-state index in [2.05, 4.69) is 0 Å². The largest absolute Gasteiger partial charge is 0.508 e. The van der Waals surface area contributed by atoms with Gasteiger partial charge in [0.05, 0.1) is 17.5 Å². The van der Waals surface area contributed by atoms with Crippen LogP contribution in [0.2, 0.25) is 0 Å². The molecule has 17 heteroatoms. The molecule has 4 aliphatic rings. The highest BCUT2D eigenvalue weighted by atomic mass is 35.5. The van der Waals surface area contributed by atoms with Crippen molar-refractivity contribution in [2.45, 2.75) is 35.4 Å². The number of alkyl halides is 2. The molecule has 10 nitrogen and oxygen atoms in total. The minimum atomic E-state index is -2.73. The van der Waals surface area contributed by atoms with Gasteiger partial charge in [0.15, 0.2) is 33.0 Å². The van der Waals surface area contributed by atoms with Crippen molar-refractivity contribution in [3.63, 3.8) is 0 Å². The highest BCUT2D eigenvalue weighted by Crippen LogP contribution is 2.66. The fourth-order valence-electron chi connectivity index (χ4n) is 7.89. The molecule has 2 aliphatic heterocycles. The number of amides is 4. The minimum Gasteiger partial charge on any atom is -0.508 e. The Kier molecular flexibility index (Phi) is 7.59. The normalized spacial score (nSPS) is 28.5. The fraction of sp³-hybridized carbons (Fsp3) is 0.265. The quantitative estimate of drug-likeness (QED) is 0.0782. The summed E-state index contributed by atoms with van der Waals surface area (Å²) >= 11 is 14.2. The van der Waals surface area contributed by atoms with Crippen LogP contribution in [0.25, 0.3) is 0 Å². The van der Waals surface area contributed by atoms with Crippen LogP contribution < -0.4 is 9.80 Å². The van der Waals surface area contributed by atoms with Crippen LogP contribution in [0.5, 0.6) is 11.5 Å². The SMILES string of the molecule is Cc1cc([C@H]2C3=CC[C@@H]4C(=O)N(c5ccc(C(=O)O)c(O)c5)C(=O)[C@@H]4[C@@H]3C[C@@]3(Cl)C(=O)N(c4c(F)c(F)c(F)c(F)c4F)C(=O)[C@@]23Cl)ccc1O. The second-order valence-corrected chi connectivity index (χ2v) is 14.0. The summed E-state index contributed by atoms with van der Waals surface area (Å²) in [4.78, 5) is 62.9. The van der Waals surface area contributed by atoms with Gasteiger partial charge in [0.25, 0.3) is 11.8 Å². The monoisotopic (exact) mass is 750 g/mol. The first-order valence-corrected chi connectivity index (χ1v) is 15.9. The van der Waals surface area contributed by atoms with Crippen LogP contribution in [0, 0.1) is 53.8 Å². The van der Waals surface area contributed by atoms with Crippen molar-refractivity contribution in [1.82, 2.24) is 0 Å². The predicted octanol–water partition coefficient (Wildman–Crippen LogP) is 5.57. The number of aromatic carboxylic acids is 1. The lowest BCUT2D eigenvalue weighted by molar-refractivity contribution is -0.125. The van der Waals surface area contributed by atoms with E-state index in [0.717, 1.165) is 23.1 Å². The zero-order valence-corrected chi connectivity index (χ0v) is 27.2. The van der Waals surface area contributed by atoms with Crippen LogP contribution in [0.15, 0.2) is 48.0 Å². The van der Waals surface area contributed by atoms with Gasteiger partial charge in [-0.25, -0.2) is 36.5 Å². The lowest BCUT2D eigenvalue weighted by atomic mass is 9.56. The molecule has 0 spiro atoms. The minimum absolute atomic E-state index is 0.114. The maximum atomic E-state index is 15.2. The number of carboxylic acid groups (broad SMARTS) is 1. The van der Waals surface area contributed by atoms with Crippen LogP contribution in [-0.2, 0) is 19.2 Å². The van der Waals surface area contributed by atoms with Gasteiger partial charge in [-0.3, -0.25) is 19.2 Å². The number of carbonyl (C=O) groups excluding carboxylic acids is 4. The van der Waals surface area contributed by atoms with Gasteiger partial charge in [-0.05, 0) is 55.0 Å². The zero-order valence-electron chi connectivity index (χ0n) is 25.7. The van der Waals surface area contributed by atoms with Crippen molar-refractivity contribution in [1.29, 1.82) is 0 Å². The summed E-state index contributed by atoms with van der Waals surface area (Å²) in [7, 11) is 0. The molecule has 2 heterocycles. The molecule has 264 valence electrons. The number of carboxylic acids is 1. The standard InChI is InChI=1S/C34H21Cl2F5N2O8/c1-11-8-12(2-7-18(11)44)21-14-5-6-16-20(29(47)42(28(16)46)13-3-4-15(30(48)49)19(45)9-13)17(14)10-33(35)31(50)43(32(51)34(21,33)36)27-25(40)23(38)22(37)24(39)26(27)41/h2-5,7-9,16-17,20-21,44-45H,6,10H2,1H3,(H,48,49)/t16-,17+,20-,21-,33+,34-/m0/s1. The number of benzene rings is 3. The molecule has 2 aliphatic carbocycles. The maximum absolute atomic E-state index is 15.2. The predicted molar refractivity (Wildman–Crippen MR) is 167 cm³/mol. The Morgan fingerprint density at radius 3 is 2.02 bits per heavy atom. The Bertz CT molecular complexity index is 2190. The van der Waals surface area contributed by atoms with Gasteiger partial charge in [0, 0.05) is 12.0 Å². The van der Waals surface area contributed by atoms with E-state index in [1.165, 1.54) is 31.2 Å². The lowest BCUT2D eigenvalue weighted by Gasteiger charge is -2.50. The average Bonchev–Trinajstić information content (AvgIpc) is 3.42. The van der Waals surface area contributed by atoms with Gasteiger partial charge in [-0.2, -0.15) is 0 Å². The third-order valence-electron chi connectivity index (χ3n) is 10.2. The van der Waals surface area contributed by atoms with E-state index in [1.807, 2.05) is 0 Å². The summed E-state index contributed by atoms with van der Waals surface area (Å²) < 4.78 is 73.2. The molecule has 2 saturated heterocycles. The van der Waals surface area contributed by atoms with E-state index in [1.54, 1.807) is 0 Å². The Hall–Kier alpha value is -5.02. The first-order valence-electron chi connectivity index (χ1n) is 15.1. The van der Waals surface area contributed by atoms with E-state index in [9.17, 15) is 52.5 Å². The Morgan fingerprint density at radius 1 is 0.804 bits per heavy atom. The Balaban J connectivity index is 1.41. The molecule has 0 radical (unpaired) electrons. The van der Waals surface area contributed by atoms with E-state index in [-0.39, 0.29) is 39.5 Å². The summed E-state index contributed by atoms with van der Waals surface area (Å²) in [5.41, 5.74) is -2.05. The molecule has 3 fully saturated rings. The number of hydrogen-bond acceptors (Lipinski definition) is 7. The summed E-state index contributed by atoms with van der Waals surface area (Å²) in [5, 5.41) is 29.8. The number of rotatable bonds is 4. The molecular formula is C34H21Cl2F5N2O8. The number of imide groups is 2. The molecule has 3 aromatic rings. The first-order chi connectivity index (χ1) is 23.9. The Labute approximate surface area is 293 Å². The molecule has 51 heavy (non-hydrogen) atoms. The van der Waals surface area contributed by atoms with Gasteiger partial charge >= 0.3 is 5.97 Å². The number of hydrogen-bond donors (Lipinski definition) is 3. The number of allylic oxidation sites excluding steroid dienone is 2. The topological polar surface area (TPSA) is 153 Å². The Morgan fingerprint density at radius 2 is 1.43 bits per heavy atom. The summed E-state index contributed by atoms with van der Waals surface area (Å²) in [6.45, 7) is 1.48. The van der Waals surface area contributed by atoms with Crippen LogP contribution >= 0.6 is 23.2 Å². The van der Waals surface area contributed by atoms with Gasteiger partial charge in [0.2, 0.25) is 17.6 Å². The van der Waals surface area contributed by atoms with Crippen molar-refractivity contribution in [3.05, 3.63) is 93.8 Å². The van der Waals surface area contributed by atoms with Crippen molar-refractivity contribution in [2.24, 2.45) is 17.8 Å².